The molecule has 5 rings (SSSR count). The summed E-state index contributed by atoms with van der Waals surface area (Å²) in [6.07, 6.45) is 0.985. The number of aryl methyl sites for hydroxylation is 1. The highest BCUT2D eigenvalue weighted by atomic mass is 32.1. The number of rotatable bonds is 4. The molecule has 34 heavy (non-hydrogen) atoms. The van der Waals surface area contributed by atoms with Gasteiger partial charge in [0.1, 0.15) is 0 Å². The average molecular weight is 474 g/mol. The first-order valence-corrected chi connectivity index (χ1v) is 12.9. The number of benzene rings is 2. The Kier molecular flexibility index (Phi) is 6.53. The summed E-state index contributed by atoms with van der Waals surface area (Å²) < 4.78 is 0. The van der Waals surface area contributed by atoms with Crippen molar-refractivity contribution < 1.29 is 9.59 Å². The third-order valence-corrected chi connectivity index (χ3v) is 8.15. The van der Waals surface area contributed by atoms with Crippen molar-refractivity contribution >= 4 is 23.2 Å². The van der Waals surface area contributed by atoms with Gasteiger partial charge in [-0.15, -0.1) is 11.3 Å². The fourth-order valence-corrected chi connectivity index (χ4v) is 6.21. The molecule has 0 unspecified atom stereocenters. The third-order valence-electron chi connectivity index (χ3n) is 7.15. The van der Waals surface area contributed by atoms with Crippen LogP contribution in [0.15, 0.2) is 66.0 Å². The Hall–Kier alpha value is -2.96. The van der Waals surface area contributed by atoms with E-state index in [2.05, 4.69) is 47.5 Å². The molecular formula is C28H31N3O2S. The lowest BCUT2D eigenvalue weighted by Crippen LogP contribution is -2.57. The van der Waals surface area contributed by atoms with Gasteiger partial charge in [-0.2, -0.15) is 0 Å². The molecule has 176 valence electrons. The van der Waals surface area contributed by atoms with Gasteiger partial charge in [0.15, 0.2) is 0 Å². The SMILES string of the molecule is Cc1ccccc1[C@H]1c2ccsc2CCN1CC(=O)N1CCN(C(=O)c2ccccc2)[C@H](C)C1. The van der Waals surface area contributed by atoms with Crippen LogP contribution in [0.1, 0.15) is 44.9 Å². The summed E-state index contributed by atoms with van der Waals surface area (Å²) in [4.78, 5) is 34.0. The zero-order valence-electron chi connectivity index (χ0n) is 19.8. The van der Waals surface area contributed by atoms with Crippen molar-refractivity contribution in [2.24, 2.45) is 0 Å². The van der Waals surface area contributed by atoms with Gasteiger partial charge in [0.25, 0.3) is 5.91 Å². The fraction of sp³-hybridized carbons (Fsp3) is 0.357. The number of nitrogens with zero attached hydrogens (tertiary/aromatic N) is 3. The molecule has 6 heteroatoms. The molecule has 1 saturated heterocycles. The molecule has 2 aliphatic rings. The molecule has 3 heterocycles. The zero-order valence-corrected chi connectivity index (χ0v) is 20.6. The van der Waals surface area contributed by atoms with E-state index >= 15 is 0 Å². The second-order valence-corrected chi connectivity index (χ2v) is 10.3. The topological polar surface area (TPSA) is 43.9 Å². The second-order valence-electron chi connectivity index (χ2n) is 9.33. The van der Waals surface area contributed by atoms with Crippen LogP contribution in [0, 0.1) is 6.92 Å². The van der Waals surface area contributed by atoms with Crippen LogP contribution in [0.2, 0.25) is 0 Å². The number of hydrogen-bond acceptors (Lipinski definition) is 4. The Morgan fingerprint density at radius 1 is 0.941 bits per heavy atom. The summed E-state index contributed by atoms with van der Waals surface area (Å²) in [5.41, 5.74) is 4.58. The van der Waals surface area contributed by atoms with Crippen molar-refractivity contribution in [2.75, 3.05) is 32.7 Å². The van der Waals surface area contributed by atoms with Gasteiger partial charge in [-0.05, 0) is 60.5 Å². The van der Waals surface area contributed by atoms with E-state index in [1.807, 2.05) is 58.4 Å². The minimum atomic E-state index is -0.0117. The fourth-order valence-electron chi connectivity index (χ4n) is 5.30. The molecule has 0 saturated carbocycles. The van der Waals surface area contributed by atoms with Crippen LogP contribution >= 0.6 is 11.3 Å². The van der Waals surface area contributed by atoms with E-state index in [-0.39, 0.29) is 23.9 Å². The number of thiophene rings is 1. The molecule has 0 aliphatic carbocycles. The first kappa shape index (κ1) is 22.8. The highest BCUT2D eigenvalue weighted by Crippen LogP contribution is 2.38. The molecule has 0 N–H and O–H groups in total. The van der Waals surface area contributed by atoms with Crippen LogP contribution in [-0.2, 0) is 11.2 Å². The molecule has 1 fully saturated rings. The van der Waals surface area contributed by atoms with Crippen molar-refractivity contribution in [3.8, 4) is 0 Å². The largest absolute Gasteiger partial charge is 0.338 e. The van der Waals surface area contributed by atoms with Gasteiger partial charge in [-0.1, -0.05) is 42.5 Å². The van der Waals surface area contributed by atoms with Crippen molar-refractivity contribution in [3.63, 3.8) is 0 Å². The van der Waals surface area contributed by atoms with Gasteiger partial charge in [0, 0.05) is 42.7 Å². The van der Waals surface area contributed by atoms with Crippen LogP contribution in [0.4, 0.5) is 0 Å². The maximum absolute atomic E-state index is 13.5. The van der Waals surface area contributed by atoms with Crippen molar-refractivity contribution in [1.29, 1.82) is 0 Å². The average Bonchev–Trinajstić information content (AvgIpc) is 3.33. The number of carbonyl (C=O) groups is 2. The molecule has 2 amide bonds. The number of amides is 2. The maximum atomic E-state index is 13.5. The standard InChI is InChI=1S/C28H31N3O2S/c1-20-8-6-7-11-23(20)27-24-13-17-34-25(24)12-14-30(27)19-26(32)29-15-16-31(21(2)18-29)28(33)22-9-4-3-5-10-22/h3-11,13,17,21,27H,12,14-16,18-19H2,1-2H3/t21-,27+/m1/s1. The molecule has 5 nitrogen and oxygen atoms in total. The summed E-state index contributed by atoms with van der Waals surface area (Å²) in [5, 5.41) is 2.17. The number of fused-ring (bicyclic) bond motifs is 1. The Balaban J connectivity index is 1.29. The quantitative estimate of drug-likeness (QED) is 0.565. The van der Waals surface area contributed by atoms with E-state index in [1.165, 1.54) is 21.6 Å². The highest BCUT2D eigenvalue weighted by molar-refractivity contribution is 7.10. The van der Waals surface area contributed by atoms with Crippen molar-refractivity contribution in [1.82, 2.24) is 14.7 Å². The molecule has 0 radical (unpaired) electrons. The zero-order chi connectivity index (χ0) is 23.7. The third kappa shape index (κ3) is 4.40. The molecule has 2 atom stereocenters. The van der Waals surface area contributed by atoms with E-state index in [0.29, 0.717) is 31.7 Å². The van der Waals surface area contributed by atoms with Gasteiger partial charge in [-0.25, -0.2) is 0 Å². The van der Waals surface area contributed by atoms with Crippen LogP contribution in [0.25, 0.3) is 0 Å². The summed E-state index contributed by atoms with van der Waals surface area (Å²) in [6, 6.07) is 20.2. The number of hydrogen-bond donors (Lipinski definition) is 0. The lowest BCUT2D eigenvalue weighted by molar-refractivity contribution is -0.135. The first-order chi connectivity index (χ1) is 16.5. The summed E-state index contributed by atoms with van der Waals surface area (Å²) in [5.74, 6) is 0.191. The Bertz CT molecular complexity index is 1180. The van der Waals surface area contributed by atoms with Gasteiger partial charge in [0.05, 0.1) is 12.6 Å². The highest BCUT2D eigenvalue weighted by Gasteiger charge is 2.35. The van der Waals surface area contributed by atoms with Crippen LogP contribution in [-0.4, -0.2) is 65.3 Å². The second kappa shape index (κ2) is 9.72. The lowest BCUT2D eigenvalue weighted by atomic mass is 9.90. The van der Waals surface area contributed by atoms with Gasteiger partial charge < -0.3 is 9.80 Å². The monoisotopic (exact) mass is 473 g/mol. The lowest BCUT2D eigenvalue weighted by Gasteiger charge is -2.42. The van der Waals surface area contributed by atoms with E-state index in [1.54, 1.807) is 0 Å². The smallest absolute Gasteiger partial charge is 0.254 e. The summed E-state index contributed by atoms with van der Waals surface area (Å²) >= 11 is 1.82. The molecule has 2 aromatic carbocycles. The molecule has 2 aliphatic heterocycles. The minimum Gasteiger partial charge on any atom is -0.338 e. The number of piperazine rings is 1. The molecule has 3 aromatic rings. The predicted octanol–water partition coefficient (Wildman–Crippen LogP) is 4.38. The van der Waals surface area contributed by atoms with Crippen molar-refractivity contribution in [2.45, 2.75) is 32.4 Å². The van der Waals surface area contributed by atoms with E-state index in [9.17, 15) is 9.59 Å². The van der Waals surface area contributed by atoms with Crippen molar-refractivity contribution in [3.05, 3.63) is 93.2 Å². The van der Waals surface area contributed by atoms with Gasteiger partial charge >= 0.3 is 0 Å². The molecule has 0 bridgehead atoms. The van der Waals surface area contributed by atoms with Crippen LogP contribution in [0.5, 0.6) is 0 Å². The minimum absolute atomic E-state index is 0.0117. The maximum Gasteiger partial charge on any atom is 0.254 e. The van der Waals surface area contributed by atoms with Crippen LogP contribution in [0.3, 0.4) is 0 Å². The predicted molar refractivity (Wildman–Crippen MR) is 136 cm³/mol. The molecule has 1 aromatic heterocycles. The van der Waals surface area contributed by atoms with E-state index < -0.39 is 0 Å². The summed E-state index contributed by atoms with van der Waals surface area (Å²) in [7, 11) is 0. The molecular weight excluding hydrogens is 442 g/mol. The van der Waals surface area contributed by atoms with Gasteiger partial charge in [-0.3, -0.25) is 14.5 Å². The van der Waals surface area contributed by atoms with Crippen LogP contribution < -0.4 is 0 Å². The van der Waals surface area contributed by atoms with E-state index in [0.717, 1.165) is 13.0 Å². The Labute approximate surface area is 205 Å². The normalized spacial score (nSPS) is 20.8. The van der Waals surface area contributed by atoms with Gasteiger partial charge in [0.2, 0.25) is 5.91 Å². The first-order valence-electron chi connectivity index (χ1n) is 12.0. The molecule has 0 spiro atoms. The Morgan fingerprint density at radius 3 is 2.47 bits per heavy atom. The van der Waals surface area contributed by atoms with E-state index in [4.69, 9.17) is 0 Å². The number of carbonyl (C=O) groups excluding carboxylic acids is 2. The summed E-state index contributed by atoms with van der Waals surface area (Å²) in [6.45, 7) is 7.18. The Morgan fingerprint density at radius 2 is 1.71 bits per heavy atom.